The highest BCUT2D eigenvalue weighted by atomic mass is 35.5. The lowest BCUT2D eigenvalue weighted by molar-refractivity contribution is -0.121. The van der Waals surface area contributed by atoms with E-state index in [1.807, 2.05) is 0 Å². The van der Waals surface area contributed by atoms with Crippen LogP contribution in [0.15, 0.2) is 54.6 Å². The van der Waals surface area contributed by atoms with E-state index in [1.165, 1.54) is 36.1 Å². The van der Waals surface area contributed by atoms with E-state index in [0.717, 1.165) is 12.3 Å². The smallest absolute Gasteiger partial charge is 0.319 e. The van der Waals surface area contributed by atoms with Crippen molar-refractivity contribution in [1.29, 1.82) is 0 Å². The second kappa shape index (κ2) is 11.0. The van der Waals surface area contributed by atoms with Gasteiger partial charge in [0.05, 0.1) is 17.6 Å². The van der Waals surface area contributed by atoms with Crippen LogP contribution in [0.4, 0.5) is 30.6 Å². The van der Waals surface area contributed by atoms with Gasteiger partial charge in [-0.05, 0) is 56.2 Å². The van der Waals surface area contributed by atoms with Gasteiger partial charge in [0.25, 0.3) is 0 Å². The van der Waals surface area contributed by atoms with E-state index < -0.39 is 39.6 Å². The molecule has 1 fully saturated rings. The van der Waals surface area contributed by atoms with Gasteiger partial charge in [-0.25, -0.2) is 22.0 Å². The van der Waals surface area contributed by atoms with Crippen LogP contribution in [0.5, 0.6) is 0 Å². The summed E-state index contributed by atoms with van der Waals surface area (Å²) in [5.41, 5.74) is 1.18. The van der Waals surface area contributed by atoms with Crippen LogP contribution in [0.3, 0.4) is 0 Å². The van der Waals surface area contributed by atoms with Crippen LogP contribution >= 0.6 is 11.6 Å². The largest absolute Gasteiger partial charge is 0.326 e. The molecule has 0 unspecified atom stereocenters. The number of amides is 3. The van der Waals surface area contributed by atoms with Crippen LogP contribution in [-0.2, 0) is 14.8 Å². The third-order valence-corrected chi connectivity index (χ3v) is 6.91. The SMILES string of the molecule is Cc1c(N2CCC[C@@H](NC(=O)Nc3ccc(Cl)cc3F)C2=O)ccc(-c2ccccc2NS(C)(=O)=O)c1F. The van der Waals surface area contributed by atoms with Crippen molar-refractivity contribution in [3.05, 3.63) is 76.8 Å². The fourth-order valence-electron chi connectivity index (χ4n) is 4.34. The Morgan fingerprint density at radius 3 is 2.50 bits per heavy atom. The Morgan fingerprint density at radius 1 is 1.05 bits per heavy atom. The number of nitrogens with one attached hydrogen (secondary N) is 3. The first-order valence-electron chi connectivity index (χ1n) is 11.6. The van der Waals surface area contributed by atoms with E-state index in [-0.39, 0.29) is 27.5 Å². The number of rotatable bonds is 6. The highest BCUT2D eigenvalue weighted by Crippen LogP contribution is 2.36. The number of nitrogens with zero attached hydrogens (tertiary/aromatic N) is 1. The van der Waals surface area contributed by atoms with Crippen LogP contribution in [0.2, 0.25) is 5.02 Å². The molecule has 3 N–H and O–H groups in total. The minimum Gasteiger partial charge on any atom is -0.326 e. The molecular formula is C26H25ClF2N4O4S. The predicted octanol–water partition coefficient (Wildman–Crippen LogP) is 5.28. The number of benzene rings is 3. The average Bonchev–Trinajstić information content (AvgIpc) is 2.84. The zero-order chi connectivity index (χ0) is 27.6. The van der Waals surface area contributed by atoms with Crippen LogP contribution in [0, 0.1) is 18.6 Å². The summed E-state index contributed by atoms with van der Waals surface area (Å²) in [7, 11) is -3.60. The summed E-state index contributed by atoms with van der Waals surface area (Å²) in [5.74, 6) is -1.76. The first-order valence-corrected chi connectivity index (χ1v) is 13.9. The standard InChI is InChI=1S/C26H25ClF2N4O4S/c1-15-23(12-10-18(24(15)29)17-6-3-4-7-20(17)32-38(2,36)37)33-13-5-8-22(25(33)34)31-26(35)30-21-11-9-16(27)14-19(21)28/h3-4,6-7,9-12,14,22,32H,5,8,13H2,1-2H3,(H2,30,31,35)/t22-/m1/s1. The van der Waals surface area contributed by atoms with Gasteiger partial charge in [0.15, 0.2) is 0 Å². The first-order chi connectivity index (χ1) is 17.9. The van der Waals surface area contributed by atoms with Gasteiger partial charge in [-0.15, -0.1) is 0 Å². The molecule has 1 saturated heterocycles. The molecule has 1 heterocycles. The molecule has 8 nitrogen and oxygen atoms in total. The van der Waals surface area contributed by atoms with Gasteiger partial charge in [-0.1, -0.05) is 29.8 Å². The Kier molecular flexibility index (Phi) is 7.89. The van der Waals surface area contributed by atoms with E-state index in [0.29, 0.717) is 30.6 Å². The highest BCUT2D eigenvalue weighted by molar-refractivity contribution is 7.92. The van der Waals surface area contributed by atoms with Gasteiger partial charge >= 0.3 is 6.03 Å². The van der Waals surface area contributed by atoms with Crippen LogP contribution in [0.1, 0.15) is 18.4 Å². The highest BCUT2D eigenvalue weighted by Gasteiger charge is 2.32. The minimum atomic E-state index is -3.60. The zero-order valence-electron chi connectivity index (χ0n) is 20.5. The van der Waals surface area contributed by atoms with Crippen molar-refractivity contribution in [2.45, 2.75) is 25.8 Å². The molecule has 12 heteroatoms. The summed E-state index contributed by atoms with van der Waals surface area (Å²) < 4.78 is 55.6. The van der Waals surface area contributed by atoms with Crippen molar-refractivity contribution in [2.75, 3.05) is 27.7 Å². The Bertz CT molecular complexity index is 1520. The van der Waals surface area contributed by atoms with Crippen molar-refractivity contribution >= 4 is 50.6 Å². The Hall–Kier alpha value is -3.70. The molecule has 1 aliphatic heterocycles. The van der Waals surface area contributed by atoms with Gasteiger partial charge in [0.2, 0.25) is 15.9 Å². The van der Waals surface area contributed by atoms with E-state index in [9.17, 15) is 22.4 Å². The summed E-state index contributed by atoms with van der Waals surface area (Å²) in [6.45, 7) is 1.84. The summed E-state index contributed by atoms with van der Waals surface area (Å²) in [5, 5.41) is 5.10. The topological polar surface area (TPSA) is 108 Å². The lowest BCUT2D eigenvalue weighted by Crippen LogP contribution is -2.53. The molecule has 0 spiro atoms. The maximum absolute atomic E-state index is 15.6. The molecule has 0 aromatic heterocycles. The normalized spacial score (nSPS) is 15.8. The van der Waals surface area contributed by atoms with E-state index in [2.05, 4.69) is 15.4 Å². The number of carbonyl (C=O) groups is 2. The molecule has 38 heavy (non-hydrogen) atoms. The molecule has 200 valence electrons. The molecule has 1 aliphatic rings. The van der Waals surface area contributed by atoms with Crippen LogP contribution in [0.25, 0.3) is 11.1 Å². The van der Waals surface area contributed by atoms with E-state index >= 15 is 4.39 Å². The first kappa shape index (κ1) is 27.3. The molecule has 3 amide bonds. The second-order valence-corrected chi connectivity index (χ2v) is 11.1. The molecule has 1 atom stereocenters. The third-order valence-electron chi connectivity index (χ3n) is 6.08. The van der Waals surface area contributed by atoms with Crippen molar-refractivity contribution in [1.82, 2.24) is 5.32 Å². The number of hydrogen-bond acceptors (Lipinski definition) is 4. The molecule has 0 aliphatic carbocycles. The van der Waals surface area contributed by atoms with Gasteiger partial charge < -0.3 is 15.5 Å². The average molecular weight is 563 g/mol. The molecule has 3 aromatic carbocycles. The van der Waals surface area contributed by atoms with Gasteiger partial charge in [0, 0.05) is 33.9 Å². The molecule has 0 bridgehead atoms. The lowest BCUT2D eigenvalue weighted by Gasteiger charge is -2.33. The fourth-order valence-corrected chi connectivity index (χ4v) is 5.07. The maximum atomic E-state index is 15.6. The Morgan fingerprint density at radius 2 is 1.79 bits per heavy atom. The van der Waals surface area contributed by atoms with Gasteiger partial charge in [0.1, 0.15) is 17.7 Å². The summed E-state index contributed by atoms with van der Waals surface area (Å²) >= 11 is 5.73. The van der Waals surface area contributed by atoms with Crippen LogP contribution in [-0.4, -0.2) is 39.2 Å². The van der Waals surface area contributed by atoms with Crippen molar-refractivity contribution in [3.63, 3.8) is 0 Å². The summed E-state index contributed by atoms with van der Waals surface area (Å²) in [4.78, 5) is 27.1. The minimum absolute atomic E-state index is 0.0915. The summed E-state index contributed by atoms with van der Waals surface area (Å²) in [6.07, 6.45) is 1.90. The number of piperidine rings is 1. The number of hydrogen-bond donors (Lipinski definition) is 3. The number of urea groups is 1. The number of sulfonamides is 1. The number of halogens is 3. The molecule has 0 radical (unpaired) electrons. The number of para-hydroxylation sites is 1. The molecular weight excluding hydrogens is 538 g/mol. The van der Waals surface area contributed by atoms with Crippen molar-refractivity contribution in [2.24, 2.45) is 0 Å². The van der Waals surface area contributed by atoms with Crippen molar-refractivity contribution in [3.8, 4) is 11.1 Å². The molecule has 0 saturated carbocycles. The Labute approximate surface area is 224 Å². The van der Waals surface area contributed by atoms with E-state index in [4.69, 9.17) is 11.6 Å². The van der Waals surface area contributed by atoms with E-state index in [1.54, 1.807) is 24.3 Å². The lowest BCUT2D eigenvalue weighted by atomic mass is 9.97. The van der Waals surface area contributed by atoms with Crippen LogP contribution < -0.4 is 20.3 Å². The van der Waals surface area contributed by atoms with Gasteiger partial charge in [-0.3, -0.25) is 9.52 Å². The second-order valence-electron chi connectivity index (χ2n) is 8.90. The third kappa shape index (κ3) is 6.05. The monoisotopic (exact) mass is 562 g/mol. The van der Waals surface area contributed by atoms with Gasteiger partial charge in [-0.2, -0.15) is 0 Å². The Balaban J connectivity index is 1.55. The number of anilines is 3. The summed E-state index contributed by atoms with van der Waals surface area (Å²) in [6, 6.07) is 11.6. The fraction of sp³-hybridized carbons (Fsp3) is 0.231. The molecule has 3 aromatic rings. The predicted molar refractivity (Wildman–Crippen MR) is 144 cm³/mol. The zero-order valence-corrected chi connectivity index (χ0v) is 22.1. The number of carbonyl (C=O) groups excluding carboxylic acids is 2. The van der Waals surface area contributed by atoms with Crippen molar-refractivity contribution < 1.29 is 26.8 Å². The maximum Gasteiger partial charge on any atom is 0.319 e. The molecule has 4 rings (SSSR count). The quantitative estimate of drug-likeness (QED) is 0.380.